The lowest BCUT2D eigenvalue weighted by atomic mass is 10.2. The number of nitrogens with zero attached hydrogens (tertiary/aromatic N) is 4. The third-order valence-corrected chi connectivity index (χ3v) is 9.07. The Labute approximate surface area is 192 Å². The van der Waals surface area contributed by atoms with Gasteiger partial charge in [-0.15, -0.1) is 11.3 Å². The van der Waals surface area contributed by atoms with Gasteiger partial charge < -0.3 is 10.2 Å². The number of likely N-dealkylation sites (tertiary alicyclic amines) is 1. The molecule has 4 rings (SSSR count). The fraction of sp³-hybridized carbons (Fsp3) is 0.524. The summed E-state index contributed by atoms with van der Waals surface area (Å²) in [4.78, 5) is 16.9. The molecule has 0 bridgehead atoms. The molecule has 11 heteroatoms. The molecule has 1 unspecified atom stereocenters. The summed E-state index contributed by atoms with van der Waals surface area (Å²) in [5.74, 6) is 0. The Morgan fingerprint density at radius 2 is 1.84 bits per heavy atom. The van der Waals surface area contributed by atoms with Crippen LogP contribution in [-0.2, 0) is 10.0 Å². The van der Waals surface area contributed by atoms with E-state index in [2.05, 4.69) is 21.2 Å². The molecule has 0 saturated carbocycles. The maximum atomic E-state index is 13.0. The number of likely N-dealkylation sites (N-methyl/N-ethyl adjacent to an activating group) is 1. The van der Waals surface area contributed by atoms with Crippen LogP contribution in [-0.4, -0.2) is 80.3 Å². The van der Waals surface area contributed by atoms with Gasteiger partial charge in [0, 0.05) is 43.7 Å². The highest BCUT2D eigenvalue weighted by molar-refractivity contribution is 7.89. The van der Waals surface area contributed by atoms with Gasteiger partial charge in [0.1, 0.15) is 5.69 Å². The van der Waals surface area contributed by atoms with E-state index in [1.165, 1.54) is 27.4 Å². The van der Waals surface area contributed by atoms with Gasteiger partial charge in [-0.3, -0.25) is 15.0 Å². The number of nitro benzene ring substituents is 1. The highest BCUT2D eigenvalue weighted by Crippen LogP contribution is 2.32. The van der Waals surface area contributed by atoms with Crippen molar-refractivity contribution in [3.63, 3.8) is 0 Å². The van der Waals surface area contributed by atoms with Crippen molar-refractivity contribution < 1.29 is 13.3 Å². The van der Waals surface area contributed by atoms with Gasteiger partial charge in [-0.1, -0.05) is 6.07 Å². The van der Waals surface area contributed by atoms with E-state index in [-0.39, 0.29) is 16.6 Å². The Balaban J connectivity index is 1.55. The third-order valence-electron chi connectivity index (χ3n) is 6.20. The lowest BCUT2D eigenvalue weighted by Crippen LogP contribution is -2.47. The van der Waals surface area contributed by atoms with E-state index in [0.717, 1.165) is 25.9 Å². The molecule has 32 heavy (non-hydrogen) atoms. The third kappa shape index (κ3) is 4.96. The van der Waals surface area contributed by atoms with Crippen LogP contribution in [0.15, 0.2) is 40.6 Å². The zero-order valence-corrected chi connectivity index (χ0v) is 19.8. The lowest BCUT2D eigenvalue weighted by Gasteiger charge is -2.31. The van der Waals surface area contributed by atoms with Crippen LogP contribution < -0.4 is 5.32 Å². The molecule has 2 aliphatic heterocycles. The number of nitrogens with one attached hydrogen (secondary N) is 1. The Morgan fingerprint density at radius 1 is 1.12 bits per heavy atom. The summed E-state index contributed by atoms with van der Waals surface area (Å²) < 4.78 is 27.5. The normalized spacial score (nSPS) is 19.8. The number of rotatable bonds is 8. The van der Waals surface area contributed by atoms with Gasteiger partial charge in [0.2, 0.25) is 10.0 Å². The molecule has 2 aliphatic rings. The van der Waals surface area contributed by atoms with Crippen molar-refractivity contribution in [3.8, 4) is 0 Å². The summed E-state index contributed by atoms with van der Waals surface area (Å²) in [5, 5.41) is 17.1. The molecule has 2 saturated heterocycles. The minimum absolute atomic E-state index is 0.0337. The molecule has 1 aromatic heterocycles. The summed E-state index contributed by atoms with van der Waals surface area (Å²) in [7, 11) is -1.82. The van der Waals surface area contributed by atoms with Crippen LogP contribution in [0, 0.1) is 10.1 Å². The van der Waals surface area contributed by atoms with Gasteiger partial charge in [-0.05, 0) is 56.6 Å². The summed E-state index contributed by atoms with van der Waals surface area (Å²) in [6.45, 7) is 4.58. The quantitative estimate of drug-likeness (QED) is 0.459. The fourth-order valence-corrected chi connectivity index (χ4v) is 6.60. The highest BCUT2D eigenvalue weighted by Gasteiger charge is 2.30. The van der Waals surface area contributed by atoms with Gasteiger partial charge in [0.15, 0.2) is 0 Å². The van der Waals surface area contributed by atoms with E-state index in [4.69, 9.17) is 0 Å². The Morgan fingerprint density at radius 3 is 2.47 bits per heavy atom. The Hall–Kier alpha value is -2.05. The number of benzene rings is 1. The first-order chi connectivity index (χ1) is 15.4. The molecule has 1 N–H and O–H groups in total. The predicted octanol–water partition coefficient (Wildman–Crippen LogP) is 2.84. The summed E-state index contributed by atoms with van der Waals surface area (Å²) in [6.07, 6.45) is 2.31. The minimum Gasteiger partial charge on any atom is -0.378 e. The number of hydrogen-bond donors (Lipinski definition) is 1. The van der Waals surface area contributed by atoms with Gasteiger partial charge in [-0.25, -0.2) is 8.42 Å². The summed E-state index contributed by atoms with van der Waals surface area (Å²) in [6, 6.07) is 8.42. The average Bonchev–Trinajstić information content (AvgIpc) is 3.49. The summed E-state index contributed by atoms with van der Waals surface area (Å²) >= 11 is 1.68. The molecule has 3 heterocycles. The SMILES string of the molecule is CN1CCN(S(=O)(=O)c2ccc(NCC(c3cccs3)N3CCCC3)c([N+](=O)[O-])c2)CC1. The van der Waals surface area contributed by atoms with Gasteiger partial charge >= 0.3 is 0 Å². The fourth-order valence-electron chi connectivity index (χ4n) is 4.30. The smallest absolute Gasteiger partial charge is 0.293 e. The molecule has 0 spiro atoms. The van der Waals surface area contributed by atoms with E-state index in [9.17, 15) is 18.5 Å². The van der Waals surface area contributed by atoms with Crippen LogP contribution >= 0.6 is 11.3 Å². The maximum absolute atomic E-state index is 13.0. The lowest BCUT2D eigenvalue weighted by molar-refractivity contribution is -0.384. The largest absolute Gasteiger partial charge is 0.378 e. The zero-order valence-electron chi connectivity index (χ0n) is 18.1. The first-order valence-corrected chi connectivity index (χ1v) is 13.2. The monoisotopic (exact) mass is 479 g/mol. The zero-order chi connectivity index (χ0) is 22.7. The molecule has 0 aliphatic carbocycles. The minimum atomic E-state index is -3.77. The van der Waals surface area contributed by atoms with Crippen molar-refractivity contribution in [1.82, 2.24) is 14.1 Å². The molecule has 2 aromatic rings. The molecular formula is C21H29N5O4S2. The van der Waals surface area contributed by atoms with Crippen molar-refractivity contribution in [2.75, 3.05) is 58.2 Å². The van der Waals surface area contributed by atoms with E-state index in [0.29, 0.717) is 38.4 Å². The second-order valence-corrected chi connectivity index (χ2v) is 11.2. The number of piperazine rings is 1. The van der Waals surface area contributed by atoms with Crippen molar-refractivity contribution in [2.45, 2.75) is 23.8 Å². The Kier molecular flexibility index (Phi) is 7.11. The molecule has 0 amide bonds. The van der Waals surface area contributed by atoms with E-state index in [1.54, 1.807) is 11.3 Å². The highest BCUT2D eigenvalue weighted by atomic mass is 32.2. The molecule has 174 valence electrons. The van der Waals surface area contributed by atoms with Crippen LogP contribution in [0.3, 0.4) is 0 Å². The number of thiophene rings is 1. The first kappa shape index (κ1) is 23.1. The second-order valence-electron chi connectivity index (χ2n) is 8.30. The molecule has 1 aromatic carbocycles. The van der Waals surface area contributed by atoms with Gasteiger partial charge in [0.25, 0.3) is 5.69 Å². The standard InChI is InChI=1S/C21H29N5O4S2/c1-23-10-12-25(13-11-23)32(29,30)17-6-7-18(19(15-17)26(27)28)22-16-20(21-5-4-14-31-21)24-8-2-3-9-24/h4-7,14-15,20,22H,2-3,8-13,16H2,1H3. The van der Waals surface area contributed by atoms with Crippen LogP contribution in [0.2, 0.25) is 0 Å². The number of nitro groups is 1. The molecule has 2 fully saturated rings. The number of sulfonamides is 1. The number of anilines is 1. The van der Waals surface area contributed by atoms with Gasteiger partial charge in [0.05, 0.1) is 15.9 Å². The molecule has 0 radical (unpaired) electrons. The first-order valence-electron chi connectivity index (χ1n) is 10.8. The van der Waals surface area contributed by atoms with Crippen molar-refractivity contribution in [2.24, 2.45) is 0 Å². The van der Waals surface area contributed by atoms with Crippen LogP contribution in [0.4, 0.5) is 11.4 Å². The Bertz CT molecular complexity index is 1030. The molecule has 9 nitrogen and oxygen atoms in total. The maximum Gasteiger partial charge on any atom is 0.293 e. The van der Waals surface area contributed by atoms with E-state index in [1.807, 2.05) is 18.5 Å². The van der Waals surface area contributed by atoms with E-state index < -0.39 is 14.9 Å². The van der Waals surface area contributed by atoms with Crippen LogP contribution in [0.5, 0.6) is 0 Å². The van der Waals surface area contributed by atoms with Crippen LogP contribution in [0.25, 0.3) is 0 Å². The van der Waals surface area contributed by atoms with Crippen molar-refractivity contribution in [1.29, 1.82) is 0 Å². The number of hydrogen-bond acceptors (Lipinski definition) is 8. The molecule has 1 atom stereocenters. The molecular weight excluding hydrogens is 450 g/mol. The van der Waals surface area contributed by atoms with Crippen molar-refractivity contribution >= 4 is 32.7 Å². The van der Waals surface area contributed by atoms with Gasteiger partial charge in [-0.2, -0.15) is 4.31 Å². The average molecular weight is 480 g/mol. The topological polar surface area (TPSA) is 99.0 Å². The van der Waals surface area contributed by atoms with Crippen LogP contribution in [0.1, 0.15) is 23.8 Å². The van der Waals surface area contributed by atoms with E-state index >= 15 is 0 Å². The predicted molar refractivity (Wildman–Crippen MR) is 126 cm³/mol. The van der Waals surface area contributed by atoms with Crippen molar-refractivity contribution in [3.05, 3.63) is 50.7 Å². The second kappa shape index (κ2) is 9.84. The summed E-state index contributed by atoms with van der Waals surface area (Å²) in [5.41, 5.74) is 0.125.